The fraction of sp³-hybridized carbons (Fsp3) is 0.176. The van der Waals surface area contributed by atoms with Crippen molar-refractivity contribution in [2.45, 2.75) is 17.3 Å². The number of aromatic amines is 1. The highest BCUT2D eigenvalue weighted by Crippen LogP contribution is 2.34. The molecule has 0 unspecified atom stereocenters. The Kier molecular flexibility index (Phi) is 6.18. The van der Waals surface area contributed by atoms with Gasteiger partial charge >= 0.3 is 0 Å². The van der Waals surface area contributed by atoms with E-state index < -0.39 is 5.56 Å². The highest BCUT2D eigenvalue weighted by Gasteiger charge is 2.18. The zero-order chi connectivity index (χ0) is 19.2. The van der Waals surface area contributed by atoms with Gasteiger partial charge in [0.1, 0.15) is 17.3 Å². The Labute approximate surface area is 164 Å². The van der Waals surface area contributed by atoms with E-state index in [2.05, 4.69) is 20.6 Å². The standard InChI is InChI=1S/C17H17N7OS2/c18-8-12-14(13-5-2-6-26-13)21-17(22-16(12)25)27-9-10-3-1-4-11(7-10)15(19)23-24-20/h1,3-5,7,24H,2,6,9,20H2,(H2,19,23)(H,21,22,25). The molecule has 2 aromatic rings. The van der Waals surface area contributed by atoms with Crippen LogP contribution in [0, 0.1) is 11.3 Å². The van der Waals surface area contributed by atoms with Crippen molar-refractivity contribution in [1.29, 1.82) is 5.26 Å². The van der Waals surface area contributed by atoms with Gasteiger partial charge in [-0.25, -0.2) is 16.4 Å². The van der Waals surface area contributed by atoms with Crippen LogP contribution in [-0.2, 0) is 5.75 Å². The number of hydrogen-bond acceptors (Lipinski definition) is 8. The lowest BCUT2D eigenvalue weighted by Crippen LogP contribution is -2.23. The van der Waals surface area contributed by atoms with E-state index in [-0.39, 0.29) is 11.4 Å². The fourth-order valence-corrected chi connectivity index (χ4v) is 4.27. The van der Waals surface area contributed by atoms with Crippen LogP contribution in [0.1, 0.15) is 28.8 Å². The summed E-state index contributed by atoms with van der Waals surface area (Å²) in [5.41, 5.74) is 9.81. The molecule has 0 fully saturated rings. The van der Waals surface area contributed by atoms with Crippen molar-refractivity contribution in [3.8, 4) is 6.07 Å². The molecule has 27 heavy (non-hydrogen) atoms. The predicted molar refractivity (Wildman–Crippen MR) is 109 cm³/mol. The number of hydrogen-bond donors (Lipinski definition) is 4. The second-order valence-corrected chi connectivity index (χ2v) is 7.63. The van der Waals surface area contributed by atoms with Crippen molar-refractivity contribution < 1.29 is 0 Å². The van der Waals surface area contributed by atoms with Gasteiger partial charge in [0.05, 0.1) is 0 Å². The molecule has 3 rings (SSSR count). The van der Waals surface area contributed by atoms with Crippen molar-refractivity contribution in [2.75, 3.05) is 5.75 Å². The summed E-state index contributed by atoms with van der Waals surface area (Å²) in [6.45, 7) is 0. The quantitative estimate of drug-likeness (QED) is 0.143. The van der Waals surface area contributed by atoms with E-state index in [1.54, 1.807) is 11.8 Å². The Morgan fingerprint density at radius 1 is 1.52 bits per heavy atom. The average Bonchev–Trinajstić information content (AvgIpc) is 3.21. The molecule has 0 atom stereocenters. The molecule has 0 saturated heterocycles. The topological polar surface area (TPSA) is 146 Å². The SMILES string of the molecule is N#Cc1c(C2=CCCS2)nc(SCc2cccc(/C(N)=N/NN)c2)[nH]c1=O. The number of allylic oxidation sites excluding steroid dienone is 1. The van der Waals surface area contributed by atoms with Crippen molar-refractivity contribution in [3.05, 3.63) is 63.1 Å². The maximum Gasteiger partial charge on any atom is 0.270 e. The van der Waals surface area contributed by atoms with Crippen LogP contribution >= 0.6 is 23.5 Å². The number of nitriles is 1. The first-order valence-electron chi connectivity index (χ1n) is 8.01. The molecule has 0 spiro atoms. The van der Waals surface area contributed by atoms with Gasteiger partial charge in [-0.15, -0.1) is 16.9 Å². The van der Waals surface area contributed by atoms with Crippen LogP contribution in [0.25, 0.3) is 4.91 Å². The van der Waals surface area contributed by atoms with Gasteiger partial charge in [-0.2, -0.15) is 5.26 Å². The minimum Gasteiger partial charge on any atom is -0.382 e. The van der Waals surface area contributed by atoms with Gasteiger partial charge in [0.15, 0.2) is 11.0 Å². The number of aromatic nitrogens is 2. The van der Waals surface area contributed by atoms with Crippen LogP contribution in [0.5, 0.6) is 0 Å². The number of nitrogens with two attached hydrogens (primary N) is 2. The third-order valence-corrected chi connectivity index (χ3v) is 5.79. The van der Waals surface area contributed by atoms with Crippen LogP contribution in [0.2, 0.25) is 0 Å². The van der Waals surface area contributed by atoms with Crippen LogP contribution in [0.4, 0.5) is 0 Å². The largest absolute Gasteiger partial charge is 0.382 e. The summed E-state index contributed by atoms with van der Waals surface area (Å²) in [6.07, 6.45) is 2.92. The molecule has 10 heteroatoms. The van der Waals surface area contributed by atoms with Gasteiger partial charge in [-0.1, -0.05) is 36.0 Å². The molecule has 1 aromatic carbocycles. The fourth-order valence-electron chi connectivity index (χ4n) is 2.49. The Bertz CT molecular complexity index is 1010. The molecule has 1 aromatic heterocycles. The summed E-state index contributed by atoms with van der Waals surface area (Å²) in [5, 5.41) is 13.5. The lowest BCUT2D eigenvalue weighted by atomic mass is 10.1. The minimum absolute atomic E-state index is 0.0558. The lowest BCUT2D eigenvalue weighted by Gasteiger charge is -2.08. The molecule has 1 aliphatic rings. The third kappa shape index (κ3) is 4.51. The van der Waals surface area contributed by atoms with Crippen LogP contribution in [0.15, 0.2) is 45.4 Å². The first kappa shape index (κ1) is 19.0. The van der Waals surface area contributed by atoms with Crippen molar-refractivity contribution in [1.82, 2.24) is 15.5 Å². The average molecular weight is 400 g/mol. The molecular weight excluding hydrogens is 382 g/mol. The number of benzene rings is 1. The number of rotatable bonds is 6. The van der Waals surface area contributed by atoms with Gasteiger partial charge in [-0.05, 0) is 18.1 Å². The predicted octanol–water partition coefficient (Wildman–Crippen LogP) is 1.50. The number of hydrazine groups is 1. The summed E-state index contributed by atoms with van der Waals surface area (Å²) in [7, 11) is 0. The molecule has 0 amide bonds. The van der Waals surface area contributed by atoms with Crippen LogP contribution < -0.4 is 22.7 Å². The van der Waals surface area contributed by atoms with Gasteiger partial charge < -0.3 is 10.7 Å². The highest BCUT2D eigenvalue weighted by molar-refractivity contribution is 8.08. The summed E-state index contributed by atoms with van der Waals surface area (Å²) < 4.78 is 0. The zero-order valence-corrected chi connectivity index (χ0v) is 15.9. The molecule has 0 saturated carbocycles. The second-order valence-electron chi connectivity index (χ2n) is 5.53. The Morgan fingerprint density at radius 2 is 2.37 bits per heavy atom. The Morgan fingerprint density at radius 3 is 3.07 bits per heavy atom. The highest BCUT2D eigenvalue weighted by atomic mass is 32.2. The second kappa shape index (κ2) is 8.77. The van der Waals surface area contributed by atoms with Crippen molar-refractivity contribution in [3.63, 3.8) is 0 Å². The molecule has 2 heterocycles. The number of thioether (sulfide) groups is 2. The number of H-pyrrole nitrogens is 1. The molecule has 6 N–H and O–H groups in total. The molecular formula is C17H17N7OS2. The zero-order valence-electron chi connectivity index (χ0n) is 14.2. The summed E-state index contributed by atoms with van der Waals surface area (Å²) in [6, 6.07) is 9.49. The van der Waals surface area contributed by atoms with E-state index in [1.165, 1.54) is 11.8 Å². The third-order valence-electron chi connectivity index (χ3n) is 3.73. The van der Waals surface area contributed by atoms with Crippen molar-refractivity contribution >= 4 is 34.3 Å². The maximum atomic E-state index is 12.3. The minimum atomic E-state index is -0.419. The summed E-state index contributed by atoms with van der Waals surface area (Å²) >= 11 is 2.99. The Balaban J connectivity index is 1.83. The maximum absolute atomic E-state index is 12.3. The molecule has 0 aliphatic carbocycles. The number of hydrazone groups is 1. The van der Waals surface area contributed by atoms with E-state index in [9.17, 15) is 10.1 Å². The van der Waals surface area contributed by atoms with Gasteiger partial charge in [-0.3, -0.25) is 4.79 Å². The van der Waals surface area contributed by atoms with E-state index >= 15 is 0 Å². The van der Waals surface area contributed by atoms with Crippen molar-refractivity contribution in [2.24, 2.45) is 16.7 Å². The lowest BCUT2D eigenvalue weighted by molar-refractivity contribution is 0.804. The molecule has 1 aliphatic heterocycles. The van der Waals surface area contributed by atoms with Crippen LogP contribution in [0.3, 0.4) is 0 Å². The smallest absolute Gasteiger partial charge is 0.270 e. The van der Waals surface area contributed by atoms with E-state index in [4.69, 9.17) is 11.6 Å². The first-order valence-corrected chi connectivity index (χ1v) is 9.98. The van der Waals surface area contributed by atoms with Gasteiger partial charge in [0.25, 0.3) is 5.56 Å². The van der Waals surface area contributed by atoms with Gasteiger partial charge in [0.2, 0.25) is 0 Å². The van der Waals surface area contributed by atoms with E-state index in [0.717, 1.165) is 28.2 Å². The Hall–Kier alpha value is -2.74. The number of nitrogens with zero attached hydrogens (tertiary/aromatic N) is 3. The number of nitrogens with one attached hydrogen (secondary N) is 2. The molecule has 138 valence electrons. The summed E-state index contributed by atoms with van der Waals surface area (Å²) in [4.78, 5) is 20.3. The molecule has 0 bridgehead atoms. The summed E-state index contributed by atoms with van der Waals surface area (Å²) in [5.74, 6) is 6.93. The van der Waals surface area contributed by atoms with E-state index in [0.29, 0.717) is 16.6 Å². The van der Waals surface area contributed by atoms with E-state index in [1.807, 2.05) is 36.4 Å². The van der Waals surface area contributed by atoms with Crippen LogP contribution in [-0.4, -0.2) is 21.6 Å². The normalized spacial score (nSPS) is 13.9. The molecule has 8 nitrogen and oxygen atoms in total. The van der Waals surface area contributed by atoms with Gasteiger partial charge in [0, 0.05) is 22.0 Å². The molecule has 0 radical (unpaired) electrons. The monoisotopic (exact) mass is 399 g/mol. The first-order chi connectivity index (χ1) is 13.1. The number of amidine groups is 1.